The third-order valence-electron chi connectivity index (χ3n) is 3.52. The van der Waals surface area contributed by atoms with Crippen molar-refractivity contribution in [3.05, 3.63) is 42.2 Å². The summed E-state index contributed by atoms with van der Waals surface area (Å²) in [4.78, 5) is 1.68. The summed E-state index contributed by atoms with van der Waals surface area (Å²) in [5, 5.41) is 12.3. The average molecular weight is 242 g/mol. The van der Waals surface area contributed by atoms with Crippen molar-refractivity contribution in [2.24, 2.45) is 5.92 Å². The van der Waals surface area contributed by atoms with E-state index in [-0.39, 0.29) is 0 Å². The van der Waals surface area contributed by atoms with Gasteiger partial charge in [-0.15, -0.1) is 0 Å². The maximum Gasteiger partial charge on any atom is 0.0969 e. The summed E-state index contributed by atoms with van der Waals surface area (Å²) < 4.78 is 0. The quantitative estimate of drug-likeness (QED) is 0.873. The molecule has 0 saturated heterocycles. The summed E-state index contributed by atoms with van der Waals surface area (Å²) in [7, 11) is 0. The maximum atomic E-state index is 4.47. The molecule has 0 aliphatic heterocycles. The highest BCUT2D eigenvalue weighted by atomic mass is 15.5. The van der Waals surface area contributed by atoms with Crippen LogP contribution in [0.15, 0.2) is 36.5 Å². The summed E-state index contributed by atoms with van der Waals surface area (Å²) >= 11 is 0. The summed E-state index contributed by atoms with van der Waals surface area (Å²) in [6.45, 7) is 3.06. The molecule has 4 nitrogen and oxygen atoms in total. The molecule has 4 heteroatoms. The largest absolute Gasteiger partial charge is 0.308 e. The van der Waals surface area contributed by atoms with Gasteiger partial charge in [-0.3, -0.25) is 0 Å². The molecule has 1 aromatic carbocycles. The van der Waals surface area contributed by atoms with E-state index in [1.807, 2.05) is 36.5 Å². The fourth-order valence-corrected chi connectivity index (χ4v) is 2.25. The molecule has 1 fully saturated rings. The molecule has 1 aromatic heterocycles. The van der Waals surface area contributed by atoms with E-state index in [0.717, 1.165) is 23.8 Å². The first kappa shape index (κ1) is 11.4. The zero-order valence-corrected chi connectivity index (χ0v) is 10.6. The molecule has 0 amide bonds. The second-order valence-electron chi connectivity index (χ2n) is 4.85. The summed E-state index contributed by atoms with van der Waals surface area (Å²) in [6, 6.07) is 10.7. The SMILES string of the molecule is CCC1CC1NCc1cnn(-c2ccccc2)n1. The number of nitrogens with one attached hydrogen (secondary N) is 1. The lowest BCUT2D eigenvalue weighted by molar-refractivity contribution is 0.610. The van der Waals surface area contributed by atoms with Crippen LogP contribution in [0.25, 0.3) is 5.69 Å². The van der Waals surface area contributed by atoms with Gasteiger partial charge in [0.25, 0.3) is 0 Å². The predicted octanol–water partition coefficient (Wildman–Crippen LogP) is 2.16. The van der Waals surface area contributed by atoms with Crippen LogP contribution in [0, 0.1) is 5.92 Å². The van der Waals surface area contributed by atoms with E-state index >= 15 is 0 Å². The Kier molecular flexibility index (Phi) is 3.11. The minimum Gasteiger partial charge on any atom is -0.308 e. The van der Waals surface area contributed by atoms with Gasteiger partial charge >= 0.3 is 0 Å². The second-order valence-corrected chi connectivity index (χ2v) is 4.85. The Morgan fingerprint density at radius 3 is 2.89 bits per heavy atom. The molecule has 1 N–H and O–H groups in total. The molecule has 0 radical (unpaired) electrons. The van der Waals surface area contributed by atoms with Crippen LogP contribution in [0.2, 0.25) is 0 Å². The molecule has 1 aliphatic rings. The van der Waals surface area contributed by atoms with Crippen LogP contribution in [0.5, 0.6) is 0 Å². The molecule has 3 rings (SSSR count). The Labute approximate surface area is 107 Å². The van der Waals surface area contributed by atoms with Crippen molar-refractivity contribution in [3.63, 3.8) is 0 Å². The van der Waals surface area contributed by atoms with Gasteiger partial charge in [0.1, 0.15) is 0 Å². The standard InChI is InChI=1S/C14H18N4/c1-2-11-8-14(11)15-9-12-10-16-18(17-12)13-6-4-3-5-7-13/h3-7,10-11,14-15H,2,8-9H2,1H3. The number of aromatic nitrogens is 3. The molecule has 0 spiro atoms. The van der Waals surface area contributed by atoms with Crippen molar-refractivity contribution < 1.29 is 0 Å². The molecule has 1 heterocycles. The topological polar surface area (TPSA) is 42.7 Å². The Hall–Kier alpha value is -1.68. The maximum absolute atomic E-state index is 4.47. The van der Waals surface area contributed by atoms with E-state index in [2.05, 4.69) is 22.4 Å². The van der Waals surface area contributed by atoms with Crippen LogP contribution < -0.4 is 5.32 Å². The number of benzene rings is 1. The van der Waals surface area contributed by atoms with Crippen LogP contribution in [0.4, 0.5) is 0 Å². The highest BCUT2D eigenvalue weighted by Gasteiger charge is 2.34. The van der Waals surface area contributed by atoms with Gasteiger partial charge in [0, 0.05) is 12.6 Å². The van der Waals surface area contributed by atoms with Crippen LogP contribution >= 0.6 is 0 Å². The van der Waals surface area contributed by atoms with Gasteiger partial charge in [0.2, 0.25) is 0 Å². The number of para-hydroxylation sites is 1. The lowest BCUT2D eigenvalue weighted by atomic mass is 10.3. The van der Waals surface area contributed by atoms with Crippen LogP contribution in [-0.4, -0.2) is 21.0 Å². The van der Waals surface area contributed by atoms with Gasteiger partial charge in [-0.2, -0.15) is 15.0 Å². The van der Waals surface area contributed by atoms with Gasteiger partial charge in [-0.05, 0) is 24.5 Å². The zero-order chi connectivity index (χ0) is 12.4. The first-order valence-electron chi connectivity index (χ1n) is 6.57. The Balaban J connectivity index is 1.60. The molecule has 18 heavy (non-hydrogen) atoms. The molecular weight excluding hydrogens is 224 g/mol. The Morgan fingerprint density at radius 2 is 2.17 bits per heavy atom. The minimum atomic E-state index is 0.692. The number of hydrogen-bond acceptors (Lipinski definition) is 3. The third kappa shape index (κ3) is 2.43. The van der Waals surface area contributed by atoms with E-state index < -0.39 is 0 Å². The van der Waals surface area contributed by atoms with Crippen molar-refractivity contribution in [1.29, 1.82) is 0 Å². The molecule has 2 unspecified atom stereocenters. The molecule has 0 bridgehead atoms. The number of nitrogens with zero attached hydrogens (tertiary/aromatic N) is 3. The van der Waals surface area contributed by atoms with E-state index in [4.69, 9.17) is 0 Å². The molecule has 94 valence electrons. The monoisotopic (exact) mass is 242 g/mol. The average Bonchev–Trinajstić information content (AvgIpc) is 3.04. The van der Waals surface area contributed by atoms with Gasteiger partial charge in [-0.25, -0.2) is 0 Å². The van der Waals surface area contributed by atoms with Crippen molar-refractivity contribution in [3.8, 4) is 5.69 Å². The van der Waals surface area contributed by atoms with Crippen molar-refractivity contribution in [2.75, 3.05) is 0 Å². The zero-order valence-electron chi connectivity index (χ0n) is 10.6. The lowest BCUT2D eigenvalue weighted by Crippen LogP contribution is -2.17. The molecular formula is C14H18N4. The first-order valence-corrected chi connectivity index (χ1v) is 6.57. The Morgan fingerprint density at radius 1 is 1.33 bits per heavy atom. The van der Waals surface area contributed by atoms with Crippen molar-refractivity contribution >= 4 is 0 Å². The molecule has 2 aromatic rings. The van der Waals surface area contributed by atoms with Crippen molar-refractivity contribution in [2.45, 2.75) is 32.4 Å². The number of rotatable bonds is 5. The Bertz CT molecular complexity index is 506. The molecule has 2 atom stereocenters. The van der Waals surface area contributed by atoms with Gasteiger partial charge in [-0.1, -0.05) is 31.5 Å². The van der Waals surface area contributed by atoms with Crippen LogP contribution in [0.1, 0.15) is 25.5 Å². The summed E-state index contributed by atoms with van der Waals surface area (Å²) in [5.74, 6) is 0.870. The van der Waals surface area contributed by atoms with E-state index in [9.17, 15) is 0 Å². The van der Waals surface area contributed by atoms with Gasteiger partial charge < -0.3 is 5.32 Å². The third-order valence-corrected chi connectivity index (χ3v) is 3.52. The highest BCUT2D eigenvalue weighted by molar-refractivity contribution is 5.28. The van der Waals surface area contributed by atoms with Crippen molar-refractivity contribution in [1.82, 2.24) is 20.3 Å². The van der Waals surface area contributed by atoms with Gasteiger partial charge in [0.15, 0.2) is 0 Å². The smallest absolute Gasteiger partial charge is 0.0969 e. The van der Waals surface area contributed by atoms with E-state index in [1.54, 1.807) is 4.80 Å². The van der Waals surface area contributed by atoms with Crippen LogP contribution in [-0.2, 0) is 6.54 Å². The summed E-state index contributed by atoms with van der Waals surface area (Å²) in [6.07, 6.45) is 4.42. The van der Waals surface area contributed by atoms with E-state index in [1.165, 1.54) is 12.8 Å². The second kappa shape index (κ2) is 4.90. The fourth-order valence-electron chi connectivity index (χ4n) is 2.25. The number of hydrogen-bond donors (Lipinski definition) is 1. The normalized spacial score (nSPS) is 22.1. The summed E-state index contributed by atoms with van der Waals surface area (Å²) in [5.41, 5.74) is 2.00. The lowest BCUT2D eigenvalue weighted by Gasteiger charge is -2.00. The minimum absolute atomic E-state index is 0.692. The highest BCUT2D eigenvalue weighted by Crippen LogP contribution is 2.33. The fraction of sp³-hybridized carbons (Fsp3) is 0.429. The molecule has 1 aliphatic carbocycles. The molecule has 1 saturated carbocycles. The van der Waals surface area contributed by atoms with Gasteiger partial charge in [0.05, 0.1) is 17.6 Å². The van der Waals surface area contributed by atoms with E-state index in [0.29, 0.717) is 6.04 Å². The van der Waals surface area contributed by atoms with Crippen LogP contribution in [0.3, 0.4) is 0 Å². The first-order chi connectivity index (χ1) is 8.86. The predicted molar refractivity (Wildman–Crippen MR) is 70.4 cm³/mol.